The molecule has 13 heteroatoms. The summed E-state index contributed by atoms with van der Waals surface area (Å²) < 4.78 is 91.6. The van der Waals surface area contributed by atoms with Crippen LogP contribution in [-0.4, -0.2) is 56.7 Å². The number of hydrogen-bond acceptors (Lipinski definition) is 7. The van der Waals surface area contributed by atoms with Gasteiger partial charge in [0.2, 0.25) is 11.1 Å². The minimum Gasteiger partial charge on any atom is -0.465 e. The second-order valence-corrected chi connectivity index (χ2v) is 13.0. The number of ether oxygens (including phenoxy) is 3. The Morgan fingerprint density at radius 1 is 0.907 bits per heavy atom. The van der Waals surface area contributed by atoms with Crippen LogP contribution in [0.15, 0.2) is 48.5 Å². The van der Waals surface area contributed by atoms with Crippen LogP contribution in [0, 0.1) is 29.6 Å². The molecule has 0 spiro atoms. The van der Waals surface area contributed by atoms with Gasteiger partial charge in [-0.15, -0.1) is 0 Å². The van der Waals surface area contributed by atoms with Crippen LogP contribution in [0.25, 0.3) is 0 Å². The van der Waals surface area contributed by atoms with Gasteiger partial charge < -0.3 is 18.8 Å². The highest BCUT2D eigenvalue weighted by Gasteiger charge is 2.65. The summed E-state index contributed by atoms with van der Waals surface area (Å²) in [5.41, 5.74) is 3.10. The van der Waals surface area contributed by atoms with Crippen LogP contribution in [0.4, 0.5) is 17.6 Å². The van der Waals surface area contributed by atoms with E-state index in [2.05, 4.69) is 0 Å². The van der Waals surface area contributed by atoms with E-state index in [1.54, 1.807) is 24.3 Å². The Morgan fingerprint density at radius 3 is 1.98 bits per heavy atom. The molecular weight excluding hydrogens is 596 g/mol. The van der Waals surface area contributed by atoms with E-state index in [0.717, 1.165) is 22.3 Å². The third-order valence-corrected chi connectivity index (χ3v) is 10.7. The van der Waals surface area contributed by atoms with Gasteiger partial charge in [0.15, 0.2) is 0 Å². The molecule has 3 fully saturated rings. The Labute approximate surface area is 245 Å². The summed E-state index contributed by atoms with van der Waals surface area (Å²) in [5.74, 6) is -11.1. The van der Waals surface area contributed by atoms with Gasteiger partial charge >= 0.3 is 29.1 Å². The third kappa shape index (κ3) is 4.10. The van der Waals surface area contributed by atoms with E-state index in [1.165, 1.54) is 0 Å². The van der Waals surface area contributed by atoms with Crippen molar-refractivity contribution in [2.75, 3.05) is 6.61 Å². The van der Waals surface area contributed by atoms with E-state index in [4.69, 9.17) is 18.8 Å². The predicted octanol–water partition coefficient (Wildman–Crippen LogP) is 4.39. The van der Waals surface area contributed by atoms with Gasteiger partial charge in [0.1, 0.15) is 12.2 Å². The van der Waals surface area contributed by atoms with Gasteiger partial charge in [-0.25, -0.2) is 4.21 Å². The summed E-state index contributed by atoms with van der Waals surface area (Å²) in [6.07, 6.45) is -1.72. The molecule has 4 bridgehead atoms. The first kappa shape index (κ1) is 28.5. The molecule has 1 aliphatic heterocycles. The first-order valence-corrected chi connectivity index (χ1v) is 15.1. The Balaban J connectivity index is 1.21. The average molecular weight is 623 g/mol. The molecule has 43 heavy (non-hydrogen) atoms. The van der Waals surface area contributed by atoms with Crippen LogP contribution in [-0.2, 0) is 39.7 Å². The smallest absolute Gasteiger partial charge is 0.406 e. The maximum absolute atomic E-state index is 14.1. The Hall–Kier alpha value is -3.32. The fourth-order valence-corrected chi connectivity index (χ4v) is 8.53. The molecule has 7 unspecified atom stereocenters. The fourth-order valence-electron chi connectivity index (χ4n) is 8.17. The lowest BCUT2D eigenvalue weighted by molar-refractivity contribution is -0.180. The monoisotopic (exact) mass is 622 g/mol. The van der Waals surface area contributed by atoms with Gasteiger partial charge in [0.05, 0.1) is 30.8 Å². The number of carbonyl (C=O) groups excluding carboxylic acids is 3. The maximum atomic E-state index is 14.1. The lowest BCUT2D eigenvalue weighted by Gasteiger charge is -2.48. The van der Waals surface area contributed by atoms with E-state index in [9.17, 15) is 36.2 Å². The Kier molecular flexibility index (Phi) is 6.52. The highest BCUT2D eigenvalue weighted by atomic mass is 32.2. The molecule has 2 saturated carbocycles. The van der Waals surface area contributed by atoms with Crippen molar-refractivity contribution in [3.05, 3.63) is 70.8 Å². The molecule has 2 aromatic carbocycles. The number of esters is 3. The molecule has 8 rings (SSSR count). The van der Waals surface area contributed by atoms with Crippen LogP contribution >= 0.6 is 0 Å². The van der Waals surface area contributed by atoms with Crippen molar-refractivity contribution in [1.82, 2.24) is 0 Å². The van der Waals surface area contributed by atoms with Crippen molar-refractivity contribution >= 4 is 29.0 Å². The second kappa shape index (κ2) is 9.85. The zero-order chi connectivity index (χ0) is 30.4. The zero-order valence-electron chi connectivity index (χ0n) is 22.4. The Bertz CT molecular complexity index is 1500. The highest BCUT2D eigenvalue weighted by Crippen LogP contribution is 2.60. The van der Waals surface area contributed by atoms with Crippen molar-refractivity contribution in [2.45, 2.75) is 54.5 Å². The van der Waals surface area contributed by atoms with Crippen molar-refractivity contribution in [3.8, 4) is 0 Å². The number of benzene rings is 2. The molecule has 2 aromatic rings. The summed E-state index contributed by atoms with van der Waals surface area (Å²) in [6.45, 7) is -1.18. The molecule has 1 heterocycles. The number of alkyl halides is 4. The maximum Gasteiger partial charge on any atom is 0.406 e. The van der Waals surface area contributed by atoms with E-state index < -0.39 is 83.1 Å². The van der Waals surface area contributed by atoms with Crippen molar-refractivity contribution in [3.63, 3.8) is 0 Å². The second-order valence-electron chi connectivity index (χ2n) is 12.0. The number of rotatable bonds is 8. The molecule has 0 aromatic heterocycles. The summed E-state index contributed by atoms with van der Waals surface area (Å²) in [4.78, 5) is 40.0. The van der Waals surface area contributed by atoms with E-state index in [0.29, 0.717) is 12.8 Å². The fraction of sp³-hybridized carbons (Fsp3) is 0.500. The molecule has 1 N–H and O–H groups in total. The van der Waals surface area contributed by atoms with Gasteiger partial charge in [-0.3, -0.25) is 14.4 Å². The minimum atomic E-state index is -5.25. The van der Waals surface area contributed by atoms with E-state index in [-0.39, 0.29) is 23.7 Å². The van der Waals surface area contributed by atoms with E-state index >= 15 is 0 Å². The number of carbonyl (C=O) groups is 3. The first-order valence-electron chi connectivity index (χ1n) is 14.0. The van der Waals surface area contributed by atoms with Gasteiger partial charge in [0.25, 0.3) is 0 Å². The molecule has 1 saturated heterocycles. The normalized spacial score (nSPS) is 33.9. The van der Waals surface area contributed by atoms with Crippen molar-refractivity contribution in [1.29, 1.82) is 0 Å². The first-order chi connectivity index (χ1) is 20.4. The molecule has 8 nitrogen and oxygen atoms in total. The SMILES string of the molecule is O=C1O[C@@H]2C3CC(CC13)C2OC(=O)C1C2c3ccccc3C(c3ccccc32)C1C(=O)OCCC(F)(F)C(F)(F)S(=O)O. The standard InChI is InChI=1S/C30H26F4O8S/c31-29(32,30(33,34)43(38)39)9-10-40-27(36)22-20-14-5-1-3-7-16(14)21(17-8-4-2-6-15(17)20)23(22)28(37)41-24-13-11-18-19(12-13)26(35)42-25(18)24/h1-8,13,18-25H,9-12H2,(H,38,39)/t13?,18?,19?,20?,21?,22?,23?,24?,25-/m1/s1. The summed E-state index contributed by atoms with van der Waals surface area (Å²) in [5, 5.41) is -5.25. The topological polar surface area (TPSA) is 116 Å². The van der Waals surface area contributed by atoms with Gasteiger partial charge in [-0.05, 0) is 35.1 Å². The average Bonchev–Trinajstić information content (AvgIpc) is 3.62. The molecule has 0 radical (unpaired) electrons. The lowest BCUT2D eigenvalue weighted by Crippen LogP contribution is -2.50. The van der Waals surface area contributed by atoms with Crippen molar-refractivity contribution in [2.24, 2.45) is 29.6 Å². The van der Waals surface area contributed by atoms with Crippen LogP contribution < -0.4 is 0 Å². The van der Waals surface area contributed by atoms with Crippen LogP contribution in [0.3, 0.4) is 0 Å². The van der Waals surface area contributed by atoms with Gasteiger partial charge in [0, 0.05) is 23.7 Å². The lowest BCUT2D eigenvalue weighted by atomic mass is 9.54. The summed E-state index contributed by atoms with van der Waals surface area (Å²) in [7, 11) is 0. The number of hydrogen-bond donors (Lipinski definition) is 1. The molecular formula is C30H26F4O8S. The zero-order valence-corrected chi connectivity index (χ0v) is 23.2. The molecule has 228 valence electrons. The summed E-state index contributed by atoms with van der Waals surface area (Å²) in [6, 6.07) is 14.5. The third-order valence-electron chi connectivity index (χ3n) is 9.95. The van der Waals surface area contributed by atoms with Crippen molar-refractivity contribution < 1.29 is 54.9 Å². The minimum absolute atomic E-state index is 0.0339. The van der Waals surface area contributed by atoms with Crippen LogP contribution in [0.1, 0.15) is 53.4 Å². The van der Waals surface area contributed by atoms with Crippen LogP contribution in [0.5, 0.6) is 0 Å². The highest BCUT2D eigenvalue weighted by molar-refractivity contribution is 7.80. The number of halogens is 4. The molecule has 5 aliphatic carbocycles. The van der Waals surface area contributed by atoms with Gasteiger partial charge in [-0.1, -0.05) is 48.5 Å². The van der Waals surface area contributed by atoms with E-state index in [1.807, 2.05) is 24.3 Å². The predicted molar refractivity (Wildman–Crippen MR) is 139 cm³/mol. The molecule has 8 atom stereocenters. The largest absolute Gasteiger partial charge is 0.465 e. The van der Waals surface area contributed by atoms with Gasteiger partial charge in [-0.2, -0.15) is 17.6 Å². The molecule has 6 aliphatic rings. The summed E-state index contributed by atoms with van der Waals surface area (Å²) >= 11 is -4.15. The van der Waals surface area contributed by atoms with Crippen LogP contribution in [0.2, 0.25) is 0 Å². The Morgan fingerprint density at radius 2 is 1.44 bits per heavy atom. The quantitative estimate of drug-likeness (QED) is 0.200. The molecule has 0 amide bonds. The number of fused-ring (bicyclic) bond motifs is 2.